The number of nitrogens with two attached hydrogens (primary N) is 3. The van der Waals surface area contributed by atoms with Crippen molar-refractivity contribution in [3.63, 3.8) is 0 Å². The number of carbonyl (C=O) groups excluding carboxylic acids is 1. The fourth-order valence-electron chi connectivity index (χ4n) is 1.65. The van der Waals surface area contributed by atoms with E-state index in [-0.39, 0.29) is 22.9 Å². The van der Waals surface area contributed by atoms with Gasteiger partial charge in [-0.05, 0) is 32.4 Å². The smallest absolute Gasteiger partial charge is 0.548 e. The van der Waals surface area contributed by atoms with E-state index in [9.17, 15) is 9.90 Å². The van der Waals surface area contributed by atoms with Crippen molar-refractivity contribution in [3.8, 4) is 0 Å². The Bertz CT molecular complexity index is 387. The van der Waals surface area contributed by atoms with E-state index in [0.717, 1.165) is 25.1 Å². The Kier molecular flexibility index (Phi) is 15.4. The Labute approximate surface area is 142 Å². The first kappa shape index (κ1) is 23.1. The number of aromatic amines is 1. The molecular weight excluding hydrogens is 350 g/mol. The van der Waals surface area contributed by atoms with Crippen molar-refractivity contribution in [1.29, 1.82) is 0 Å². The van der Waals surface area contributed by atoms with Crippen LogP contribution in [0.25, 0.3) is 0 Å². The molecule has 1 heterocycles. The van der Waals surface area contributed by atoms with Gasteiger partial charge in [0.2, 0.25) is 0 Å². The van der Waals surface area contributed by atoms with Crippen LogP contribution in [0.4, 0.5) is 0 Å². The second kappa shape index (κ2) is 14.7. The van der Waals surface area contributed by atoms with Crippen LogP contribution >= 0.6 is 0 Å². The number of aromatic nitrogens is 2. The summed E-state index contributed by atoms with van der Waals surface area (Å²) in [6, 6.07) is -0.827. The summed E-state index contributed by atoms with van der Waals surface area (Å²) >= 11 is 0. The number of carbonyl (C=O) groups is 1. The molecule has 0 fully saturated rings. The summed E-state index contributed by atoms with van der Waals surface area (Å²) in [4.78, 5) is 17.2. The van der Waals surface area contributed by atoms with Crippen LogP contribution in [-0.4, -0.2) is 35.1 Å². The minimum atomic E-state index is -1.18. The highest BCUT2D eigenvalue weighted by Crippen LogP contribution is 2.14. The van der Waals surface area contributed by atoms with Gasteiger partial charge in [0.05, 0.1) is 5.97 Å². The largest absolute Gasteiger partial charge is 1.00 e. The molecule has 126 valence electrons. The zero-order valence-electron chi connectivity index (χ0n) is 12.7. The second-order valence-corrected chi connectivity index (χ2v) is 4.60. The van der Waals surface area contributed by atoms with Crippen LogP contribution in [0, 0.1) is 17.0 Å². The van der Waals surface area contributed by atoms with E-state index in [1.165, 1.54) is 0 Å². The third-order valence-corrected chi connectivity index (χ3v) is 2.90. The summed E-state index contributed by atoms with van der Waals surface area (Å²) in [5.74, 6) is 0.0393. The van der Waals surface area contributed by atoms with Gasteiger partial charge in [-0.25, -0.2) is 4.98 Å². The number of halogens is 1. The van der Waals surface area contributed by atoms with Crippen LogP contribution < -0.4 is 22.3 Å². The van der Waals surface area contributed by atoms with Gasteiger partial charge in [-0.3, -0.25) is 0 Å². The molecule has 0 bridgehead atoms. The molecule has 0 spiro atoms. The monoisotopic (exact) mass is 375 g/mol. The first-order chi connectivity index (χ1) is 10.1. The van der Waals surface area contributed by atoms with E-state index in [1.54, 1.807) is 6.20 Å². The Morgan fingerprint density at radius 2 is 2.05 bits per heavy atom. The molecule has 1 aromatic heterocycles. The lowest BCUT2D eigenvalue weighted by atomic mass is 10.1. The zero-order valence-corrected chi connectivity index (χ0v) is 14.3. The minimum Gasteiger partial charge on any atom is -0.548 e. The van der Waals surface area contributed by atoms with E-state index in [0.29, 0.717) is 19.5 Å². The number of H-pyrrole nitrogens is 1. The normalized spacial score (nSPS) is 12.3. The zero-order chi connectivity index (χ0) is 16.1. The van der Waals surface area contributed by atoms with Crippen molar-refractivity contribution in [1.82, 2.24) is 9.97 Å². The van der Waals surface area contributed by atoms with Crippen molar-refractivity contribution in [2.24, 2.45) is 17.2 Å². The molecule has 0 saturated carbocycles. The summed E-state index contributed by atoms with van der Waals surface area (Å²) in [5, 5.41) is 10.0. The van der Waals surface area contributed by atoms with Gasteiger partial charge >= 0.3 is 17.0 Å². The second-order valence-electron chi connectivity index (χ2n) is 4.60. The lowest BCUT2D eigenvalue weighted by molar-refractivity contribution is -0.307. The SMILES string of the molecule is C=CC(CCN)c1ncc[nH]1.NCCCC[C@H](N)C(=O)[O-].[Br+]. The summed E-state index contributed by atoms with van der Waals surface area (Å²) < 4.78 is 0. The van der Waals surface area contributed by atoms with E-state index >= 15 is 0 Å². The van der Waals surface area contributed by atoms with Gasteiger partial charge in [0.25, 0.3) is 0 Å². The number of allylic oxidation sites excluding steroid dienone is 1. The Balaban J connectivity index is 0. The van der Waals surface area contributed by atoms with Crippen LogP contribution in [-0.2, 0) is 4.79 Å². The van der Waals surface area contributed by atoms with E-state index in [4.69, 9.17) is 17.2 Å². The first-order valence-electron chi connectivity index (χ1n) is 7.05. The third kappa shape index (κ3) is 10.5. The number of unbranched alkanes of at least 4 members (excludes halogenated alkanes) is 1. The van der Waals surface area contributed by atoms with Crippen molar-refractivity contribution in [2.75, 3.05) is 13.1 Å². The summed E-state index contributed by atoms with van der Waals surface area (Å²) in [7, 11) is 0. The molecule has 0 saturated heterocycles. The van der Waals surface area contributed by atoms with E-state index < -0.39 is 12.0 Å². The first-order valence-corrected chi connectivity index (χ1v) is 7.05. The van der Waals surface area contributed by atoms with E-state index in [1.807, 2.05) is 12.3 Å². The van der Waals surface area contributed by atoms with Gasteiger partial charge < -0.3 is 32.1 Å². The molecule has 0 aliphatic rings. The standard InChI is InChI=1S/C8H13N3.C6H14N2O2.Br/c1-2-7(3-4-9)8-10-5-6-11-8;7-4-2-1-3-5(8)6(9)10;/h2,5-7H,1,3-4,9H2,(H,10,11);5H,1-4,7-8H2,(H,9,10);/q;;+1/p-1/t;5-;/m.0./s1. The maximum Gasteiger partial charge on any atom is 1.00 e. The molecule has 7 nitrogen and oxygen atoms in total. The number of nitrogens with zero attached hydrogens (tertiary/aromatic N) is 1. The molecular formula is C14H26BrN5O2. The van der Waals surface area contributed by atoms with Crippen molar-refractivity contribution in [2.45, 2.75) is 37.6 Å². The average molecular weight is 376 g/mol. The number of imidazole rings is 1. The highest BCUT2D eigenvalue weighted by atomic mass is 79.9. The number of nitrogens with one attached hydrogen (secondary N) is 1. The number of aliphatic carboxylic acids is 1. The molecule has 8 heteroatoms. The summed E-state index contributed by atoms with van der Waals surface area (Å²) in [6.45, 7) is 4.97. The molecule has 0 aliphatic carbocycles. The third-order valence-electron chi connectivity index (χ3n) is 2.90. The van der Waals surface area contributed by atoms with Crippen LogP contribution in [0.15, 0.2) is 25.0 Å². The summed E-state index contributed by atoms with van der Waals surface area (Å²) in [5.41, 5.74) is 15.8. The Hall–Kier alpha value is -1.22. The number of hydrogen-bond acceptors (Lipinski definition) is 6. The number of rotatable bonds is 9. The predicted octanol–water partition coefficient (Wildman–Crippen LogP) is -0.779. The van der Waals surface area contributed by atoms with Crippen molar-refractivity contribution < 1.29 is 26.9 Å². The molecule has 22 heavy (non-hydrogen) atoms. The average Bonchev–Trinajstić information content (AvgIpc) is 2.99. The minimum absolute atomic E-state index is 0. The quantitative estimate of drug-likeness (QED) is 0.328. The highest BCUT2D eigenvalue weighted by molar-refractivity contribution is 5.70. The topological polar surface area (TPSA) is 147 Å². The van der Waals surface area contributed by atoms with Crippen molar-refractivity contribution in [3.05, 3.63) is 30.9 Å². The Morgan fingerprint density at radius 3 is 2.45 bits per heavy atom. The van der Waals surface area contributed by atoms with Crippen LogP contribution in [0.2, 0.25) is 0 Å². The molecule has 1 unspecified atom stereocenters. The number of carboxylic acids is 1. The van der Waals surface area contributed by atoms with Gasteiger partial charge in [-0.15, -0.1) is 6.58 Å². The maximum absolute atomic E-state index is 10.0. The molecule has 7 N–H and O–H groups in total. The molecule has 2 radical (unpaired) electrons. The van der Waals surface area contributed by atoms with Crippen LogP contribution in [0.5, 0.6) is 0 Å². The molecule has 0 aliphatic heterocycles. The van der Waals surface area contributed by atoms with Gasteiger partial charge in [-0.2, -0.15) is 0 Å². The van der Waals surface area contributed by atoms with E-state index in [2.05, 4.69) is 16.5 Å². The number of hydrogen-bond donors (Lipinski definition) is 4. The van der Waals surface area contributed by atoms with Crippen molar-refractivity contribution >= 4 is 5.97 Å². The molecule has 0 amide bonds. The van der Waals surface area contributed by atoms with Gasteiger partial charge in [0, 0.05) is 24.4 Å². The Morgan fingerprint density at radius 1 is 1.36 bits per heavy atom. The molecule has 1 aromatic rings. The fraction of sp³-hybridized carbons (Fsp3) is 0.571. The van der Waals surface area contributed by atoms with Gasteiger partial charge in [-0.1, -0.05) is 12.5 Å². The van der Waals surface area contributed by atoms with Crippen LogP contribution in [0.3, 0.4) is 0 Å². The lowest BCUT2D eigenvalue weighted by Gasteiger charge is -2.10. The summed E-state index contributed by atoms with van der Waals surface area (Å²) in [6.07, 6.45) is 8.35. The highest BCUT2D eigenvalue weighted by Gasteiger charge is 2.07. The van der Waals surface area contributed by atoms with Gasteiger partial charge in [0.15, 0.2) is 0 Å². The lowest BCUT2D eigenvalue weighted by Crippen LogP contribution is -2.41. The molecule has 1 rings (SSSR count). The fourth-order valence-corrected chi connectivity index (χ4v) is 1.65. The number of carboxylic acid groups (broad SMARTS) is 1. The maximum atomic E-state index is 10.0. The van der Waals surface area contributed by atoms with Crippen LogP contribution in [0.1, 0.15) is 37.4 Å². The van der Waals surface area contributed by atoms with Gasteiger partial charge in [0.1, 0.15) is 5.82 Å². The predicted molar refractivity (Wildman–Crippen MR) is 81.1 cm³/mol. The molecule has 0 aromatic carbocycles. The molecule has 2 atom stereocenters.